The van der Waals surface area contributed by atoms with Gasteiger partial charge in [-0.15, -0.1) is 0 Å². The molecule has 0 amide bonds. The van der Waals surface area contributed by atoms with Crippen LogP contribution in [0.25, 0.3) is 11.2 Å². The number of carbonyl (C=O) groups is 1. The molecule has 2 aromatic rings. The Labute approximate surface area is 72.9 Å². The molecule has 0 aliphatic carbocycles. The molecule has 0 saturated heterocycles. The van der Waals surface area contributed by atoms with Gasteiger partial charge in [0.1, 0.15) is 18.4 Å². The molecule has 2 aromatic heterocycles. The molecule has 2 rings (SSSR count). The third kappa shape index (κ3) is 1.33. The lowest BCUT2D eigenvalue weighted by Crippen LogP contribution is -2.07. The average Bonchev–Trinajstić information content (AvgIpc) is 2.48. The predicted octanol–water partition coefficient (Wildman–Crippen LogP) is -0.0891. The van der Waals surface area contributed by atoms with Crippen molar-refractivity contribution >= 4 is 17.1 Å². The van der Waals surface area contributed by atoms with Crippen molar-refractivity contribution in [1.82, 2.24) is 19.5 Å². The summed E-state index contributed by atoms with van der Waals surface area (Å²) in [6.45, 7) is -0.131. The first-order valence-electron chi connectivity index (χ1n) is 3.60. The Hall–Kier alpha value is -1.98. The van der Waals surface area contributed by atoms with Crippen LogP contribution in [0.5, 0.6) is 0 Å². The van der Waals surface area contributed by atoms with Crippen LogP contribution >= 0.6 is 0 Å². The van der Waals surface area contributed by atoms with Crippen LogP contribution in [0.2, 0.25) is 0 Å². The first-order valence-corrected chi connectivity index (χ1v) is 3.60. The Morgan fingerprint density at radius 3 is 3.15 bits per heavy atom. The Morgan fingerprint density at radius 1 is 1.54 bits per heavy atom. The van der Waals surface area contributed by atoms with Crippen molar-refractivity contribution in [2.45, 2.75) is 6.54 Å². The monoisotopic (exact) mass is 178 g/mol. The highest BCUT2D eigenvalue weighted by molar-refractivity contribution is 5.73. The minimum absolute atomic E-state index is 0.131. The summed E-state index contributed by atoms with van der Waals surface area (Å²) >= 11 is 0. The molecule has 0 bridgehead atoms. The van der Waals surface area contributed by atoms with Crippen molar-refractivity contribution in [3.63, 3.8) is 0 Å². The zero-order chi connectivity index (χ0) is 9.26. The number of fused-ring (bicyclic) bond motifs is 1. The Morgan fingerprint density at radius 2 is 2.38 bits per heavy atom. The predicted molar refractivity (Wildman–Crippen MR) is 43.0 cm³/mol. The number of rotatable bonds is 2. The van der Waals surface area contributed by atoms with E-state index in [0.29, 0.717) is 11.2 Å². The summed E-state index contributed by atoms with van der Waals surface area (Å²) in [5.74, 6) is -0.919. The SMILES string of the molecule is O=C(O)Cn1cnc2cncnc21. The summed E-state index contributed by atoms with van der Waals surface area (Å²) in [6, 6.07) is 0. The first-order chi connectivity index (χ1) is 6.27. The smallest absolute Gasteiger partial charge is 0.323 e. The molecule has 66 valence electrons. The van der Waals surface area contributed by atoms with Crippen LogP contribution in [-0.2, 0) is 11.3 Å². The topological polar surface area (TPSA) is 80.9 Å². The maximum atomic E-state index is 10.4. The van der Waals surface area contributed by atoms with Crippen LogP contribution in [0.15, 0.2) is 18.9 Å². The number of nitrogens with zero attached hydrogens (tertiary/aromatic N) is 4. The average molecular weight is 178 g/mol. The second-order valence-corrected chi connectivity index (χ2v) is 2.50. The van der Waals surface area contributed by atoms with Gasteiger partial charge in [0.15, 0.2) is 5.65 Å². The summed E-state index contributed by atoms with van der Waals surface area (Å²) in [5.41, 5.74) is 1.14. The number of hydrogen-bond acceptors (Lipinski definition) is 4. The van der Waals surface area contributed by atoms with Gasteiger partial charge in [0.25, 0.3) is 0 Å². The van der Waals surface area contributed by atoms with E-state index in [1.165, 1.54) is 17.2 Å². The molecule has 6 heteroatoms. The summed E-state index contributed by atoms with van der Waals surface area (Å²) in [7, 11) is 0. The van der Waals surface area contributed by atoms with E-state index in [9.17, 15) is 4.79 Å². The van der Waals surface area contributed by atoms with Gasteiger partial charge in [-0.1, -0.05) is 0 Å². The summed E-state index contributed by atoms with van der Waals surface area (Å²) < 4.78 is 1.46. The Balaban J connectivity index is 2.51. The van der Waals surface area contributed by atoms with Gasteiger partial charge in [-0.05, 0) is 0 Å². The van der Waals surface area contributed by atoms with Crippen LogP contribution in [-0.4, -0.2) is 30.6 Å². The molecule has 0 unspecified atom stereocenters. The fourth-order valence-corrected chi connectivity index (χ4v) is 1.08. The molecular formula is C7H6N4O2. The highest BCUT2D eigenvalue weighted by Crippen LogP contribution is 2.06. The van der Waals surface area contributed by atoms with Crippen molar-refractivity contribution in [2.24, 2.45) is 0 Å². The summed E-state index contributed by atoms with van der Waals surface area (Å²) in [6.07, 6.45) is 4.34. The maximum absolute atomic E-state index is 10.4. The van der Waals surface area contributed by atoms with Crippen LogP contribution in [0.1, 0.15) is 0 Å². The van der Waals surface area contributed by atoms with Gasteiger partial charge in [-0.2, -0.15) is 0 Å². The molecule has 0 radical (unpaired) electrons. The molecule has 0 spiro atoms. The van der Waals surface area contributed by atoms with Gasteiger partial charge in [-0.25, -0.2) is 15.0 Å². The highest BCUT2D eigenvalue weighted by Gasteiger charge is 2.05. The maximum Gasteiger partial charge on any atom is 0.323 e. The lowest BCUT2D eigenvalue weighted by Gasteiger charge is -1.96. The zero-order valence-corrected chi connectivity index (χ0v) is 6.58. The van der Waals surface area contributed by atoms with Gasteiger partial charge in [0.05, 0.1) is 12.5 Å². The van der Waals surface area contributed by atoms with E-state index in [1.54, 1.807) is 6.20 Å². The fourth-order valence-electron chi connectivity index (χ4n) is 1.08. The third-order valence-corrected chi connectivity index (χ3v) is 1.59. The summed E-state index contributed by atoms with van der Waals surface area (Å²) in [4.78, 5) is 22.1. The van der Waals surface area contributed by atoms with Gasteiger partial charge in [-0.3, -0.25) is 4.79 Å². The number of imidazole rings is 1. The van der Waals surface area contributed by atoms with E-state index in [-0.39, 0.29) is 6.54 Å². The minimum Gasteiger partial charge on any atom is -0.480 e. The van der Waals surface area contributed by atoms with Crippen molar-refractivity contribution in [2.75, 3.05) is 0 Å². The van der Waals surface area contributed by atoms with Crippen LogP contribution < -0.4 is 0 Å². The molecule has 2 heterocycles. The van der Waals surface area contributed by atoms with Crippen molar-refractivity contribution in [3.8, 4) is 0 Å². The minimum atomic E-state index is -0.919. The van der Waals surface area contributed by atoms with Crippen molar-refractivity contribution < 1.29 is 9.90 Å². The molecule has 0 aromatic carbocycles. The highest BCUT2D eigenvalue weighted by atomic mass is 16.4. The van der Waals surface area contributed by atoms with Gasteiger partial charge in [0.2, 0.25) is 0 Å². The van der Waals surface area contributed by atoms with Crippen molar-refractivity contribution in [1.29, 1.82) is 0 Å². The lowest BCUT2D eigenvalue weighted by atomic mass is 10.5. The van der Waals surface area contributed by atoms with Crippen molar-refractivity contribution in [3.05, 3.63) is 18.9 Å². The number of aromatic nitrogens is 4. The fraction of sp³-hybridized carbons (Fsp3) is 0.143. The largest absolute Gasteiger partial charge is 0.480 e. The van der Waals surface area contributed by atoms with Crippen LogP contribution in [0, 0.1) is 0 Å². The molecule has 1 N–H and O–H groups in total. The number of carboxylic acids is 1. The number of hydrogen-bond donors (Lipinski definition) is 1. The van der Waals surface area contributed by atoms with Gasteiger partial charge in [0, 0.05) is 0 Å². The van der Waals surface area contributed by atoms with E-state index in [2.05, 4.69) is 15.0 Å². The quantitative estimate of drug-likeness (QED) is 0.695. The molecule has 0 atom stereocenters. The third-order valence-electron chi connectivity index (χ3n) is 1.59. The molecule has 6 nitrogen and oxygen atoms in total. The lowest BCUT2D eigenvalue weighted by molar-refractivity contribution is -0.137. The molecular weight excluding hydrogens is 172 g/mol. The molecule has 0 aliphatic heterocycles. The molecule has 0 saturated carbocycles. The first kappa shape index (κ1) is 7.66. The van der Waals surface area contributed by atoms with Gasteiger partial charge >= 0.3 is 5.97 Å². The zero-order valence-electron chi connectivity index (χ0n) is 6.58. The van der Waals surface area contributed by atoms with Gasteiger partial charge < -0.3 is 9.67 Å². The Kier molecular flexibility index (Phi) is 1.66. The number of carboxylic acid groups (broad SMARTS) is 1. The second kappa shape index (κ2) is 2.81. The molecule has 13 heavy (non-hydrogen) atoms. The normalized spacial score (nSPS) is 10.5. The summed E-state index contributed by atoms with van der Waals surface area (Å²) in [5, 5.41) is 8.55. The number of aliphatic carboxylic acids is 1. The van der Waals surface area contributed by atoms with E-state index >= 15 is 0 Å². The van der Waals surface area contributed by atoms with Crippen LogP contribution in [0.4, 0.5) is 0 Å². The van der Waals surface area contributed by atoms with E-state index < -0.39 is 5.97 Å². The Bertz CT molecular complexity index is 450. The standard InChI is InChI=1S/C7H6N4O2/c12-6(13)2-11-4-10-5-1-8-3-9-7(5)11/h1,3-4H,2H2,(H,12,13). The second-order valence-electron chi connectivity index (χ2n) is 2.50. The van der Waals surface area contributed by atoms with Crippen LogP contribution in [0.3, 0.4) is 0 Å². The molecule has 0 aliphatic rings. The molecule has 0 fully saturated rings. The van der Waals surface area contributed by atoms with E-state index in [0.717, 1.165) is 0 Å². The van der Waals surface area contributed by atoms with E-state index in [4.69, 9.17) is 5.11 Å². The van der Waals surface area contributed by atoms with E-state index in [1.807, 2.05) is 0 Å².